The SMILES string of the molecule is O=C1CN(C(=O)c2csc3nc(-c4ccc(F)cc4)cn23)CCN1. The first-order valence-electron chi connectivity index (χ1n) is 7.40. The number of halogens is 1. The normalized spacial score (nSPS) is 14.9. The fourth-order valence-electron chi connectivity index (χ4n) is 2.67. The second-order valence-corrected chi connectivity index (χ2v) is 6.32. The number of rotatable bonds is 2. The molecule has 1 aromatic carbocycles. The van der Waals surface area contributed by atoms with Crippen LogP contribution in [0.5, 0.6) is 0 Å². The number of piperazine rings is 1. The monoisotopic (exact) mass is 344 g/mol. The molecule has 3 aromatic rings. The van der Waals surface area contributed by atoms with Gasteiger partial charge in [-0.3, -0.25) is 14.0 Å². The van der Waals surface area contributed by atoms with Gasteiger partial charge in [0.1, 0.15) is 11.5 Å². The van der Waals surface area contributed by atoms with Crippen LogP contribution in [-0.2, 0) is 4.79 Å². The molecule has 0 aliphatic carbocycles. The predicted octanol–water partition coefficient (Wildman–Crippen LogP) is 1.77. The average Bonchev–Trinajstić information content (AvgIpc) is 3.15. The Morgan fingerprint density at radius 2 is 2.08 bits per heavy atom. The van der Waals surface area contributed by atoms with Gasteiger partial charge in [-0.25, -0.2) is 9.37 Å². The molecule has 1 aliphatic heterocycles. The van der Waals surface area contributed by atoms with Crippen molar-refractivity contribution in [1.29, 1.82) is 0 Å². The van der Waals surface area contributed by atoms with Gasteiger partial charge >= 0.3 is 0 Å². The van der Waals surface area contributed by atoms with Crippen molar-refractivity contribution >= 4 is 28.1 Å². The number of fused-ring (bicyclic) bond motifs is 1. The van der Waals surface area contributed by atoms with Crippen LogP contribution in [0.15, 0.2) is 35.8 Å². The van der Waals surface area contributed by atoms with Crippen molar-refractivity contribution in [1.82, 2.24) is 19.6 Å². The smallest absolute Gasteiger partial charge is 0.272 e. The Balaban J connectivity index is 1.68. The zero-order valence-electron chi connectivity index (χ0n) is 12.5. The minimum Gasteiger partial charge on any atom is -0.353 e. The van der Waals surface area contributed by atoms with Crippen LogP contribution in [0.4, 0.5) is 4.39 Å². The van der Waals surface area contributed by atoms with Crippen LogP contribution < -0.4 is 5.32 Å². The summed E-state index contributed by atoms with van der Waals surface area (Å²) in [6.07, 6.45) is 1.76. The Morgan fingerprint density at radius 1 is 1.29 bits per heavy atom. The van der Waals surface area contributed by atoms with Crippen LogP contribution in [0.1, 0.15) is 10.5 Å². The molecule has 0 spiro atoms. The second-order valence-electron chi connectivity index (χ2n) is 5.48. The largest absolute Gasteiger partial charge is 0.353 e. The van der Waals surface area contributed by atoms with Crippen molar-refractivity contribution in [3.05, 3.63) is 47.4 Å². The van der Waals surface area contributed by atoms with Crippen molar-refractivity contribution in [2.24, 2.45) is 0 Å². The van der Waals surface area contributed by atoms with E-state index in [-0.39, 0.29) is 24.2 Å². The molecule has 1 saturated heterocycles. The Hall–Kier alpha value is -2.74. The summed E-state index contributed by atoms with van der Waals surface area (Å²) in [5, 5.41) is 4.44. The van der Waals surface area contributed by atoms with Gasteiger partial charge in [0.15, 0.2) is 4.96 Å². The number of hydrogen-bond donors (Lipinski definition) is 1. The highest BCUT2D eigenvalue weighted by atomic mass is 32.1. The van der Waals surface area contributed by atoms with E-state index in [4.69, 9.17) is 0 Å². The maximum absolute atomic E-state index is 13.0. The molecule has 2 amide bonds. The minimum absolute atomic E-state index is 0.0652. The molecule has 4 rings (SSSR count). The van der Waals surface area contributed by atoms with E-state index in [2.05, 4.69) is 10.3 Å². The highest BCUT2D eigenvalue weighted by Gasteiger charge is 2.25. The standard InChI is InChI=1S/C16H13FN4O2S/c17-11-3-1-10(2-4-11)12-7-21-13(9-24-16(21)19-12)15(23)20-6-5-18-14(22)8-20/h1-4,7,9H,5-6,8H2,(H,18,22). The zero-order chi connectivity index (χ0) is 16.7. The molecule has 1 fully saturated rings. The molecular weight excluding hydrogens is 331 g/mol. The molecule has 6 nitrogen and oxygen atoms in total. The summed E-state index contributed by atoms with van der Waals surface area (Å²) in [5.41, 5.74) is 1.93. The van der Waals surface area contributed by atoms with Crippen molar-refractivity contribution in [3.8, 4) is 11.3 Å². The highest BCUT2D eigenvalue weighted by molar-refractivity contribution is 7.15. The van der Waals surface area contributed by atoms with E-state index >= 15 is 0 Å². The first kappa shape index (κ1) is 14.8. The summed E-state index contributed by atoms with van der Waals surface area (Å²) in [5.74, 6) is -0.656. The fourth-order valence-corrected chi connectivity index (χ4v) is 3.52. The molecule has 0 saturated carbocycles. The lowest BCUT2D eigenvalue weighted by Crippen LogP contribution is -2.50. The van der Waals surface area contributed by atoms with Gasteiger partial charge in [-0.05, 0) is 24.3 Å². The quantitative estimate of drug-likeness (QED) is 0.770. The van der Waals surface area contributed by atoms with E-state index < -0.39 is 0 Å². The molecule has 24 heavy (non-hydrogen) atoms. The predicted molar refractivity (Wildman–Crippen MR) is 87.4 cm³/mol. The number of amides is 2. The van der Waals surface area contributed by atoms with Gasteiger partial charge in [0.05, 0.1) is 12.2 Å². The van der Waals surface area contributed by atoms with Gasteiger partial charge in [-0.15, -0.1) is 11.3 Å². The number of aromatic nitrogens is 2. The number of thiazole rings is 1. The molecule has 2 aromatic heterocycles. The molecule has 8 heteroatoms. The topological polar surface area (TPSA) is 66.7 Å². The van der Waals surface area contributed by atoms with Crippen LogP contribution in [0.3, 0.4) is 0 Å². The summed E-state index contributed by atoms with van der Waals surface area (Å²) in [6, 6.07) is 6.05. The molecular formula is C16H13FN4O2S. The van der Waals surface area contributed by atoms with Crippen molar-refractivity contribution < 1.29 is 14.0 Å². The Morgan fingerprint density at radius 3 is 2.83 bits per heavy atom. The molecule has 0 radical (unpaired) electrons. The number of nitrogens with zero attached hydrogens (tertiary/aromatic N) is 3. The van der Waals surface area contributed by atoms with Crippen LogP contribution in [0.2, 0.25) is 0 Å². The summed E-state index contributed by atoms with van der Waals surface area (Å²) in [7, 11) is 0. The second kappa shape index (κ2) is 5.72. The van der Waals surface area contributed by atoms with Gasteiger partial charge in [0, 0.05) is 30.2 Å². The van der Waals surface area contributed by atoms with Gasteiger partial charge in [-0.2, -0.15) is 0 Å². The van der Waals surface area contributed by atoms with Crippen LogP contribution in [0, 0.1) is 5.82 Å². The first-order valence-corrected chi connectivity index (χ1v) is 8.28. The summed E-state index contributed by atoms with van der Waals surface area (Å²) in [6.45, 7) is 1.01. The van der Waals surface area contributed by atoms with Gasteiger partial charge < -0.3 is 10.2 Å². The Labute approximate surface area is 140 Å². The van der Waals surface area contributed by atoms with E-state index in [1.54, 1.807) is 28.1 Å². The van der Waals surface area contributed by atoms with E-state index in [9.17, 15) is 14.0 Å². The van der Waals surface area contributed by atoms with Crippen molar-refractivity contribution in [3.63, 3.8) is 0 Å². The van der Waals surface area contributed by atoms with Crippen molar-refractivity contribution in [2.45, 2.75) is 0 Å². The lowest BCUT2D eigenvalue weighted by atomic mass is 10.2. The first-order chi connectivity index (χ1) is 11.6. The van der Waals surface area contributed by atoms with Gasteiger partial charge in [-0.1, -0.05) is 0 Å². The highest BCUT2D eigenvalue weighted by Crippen LogP contribution is 2.24. The summed E-state index contributed by atoms with van der Waals surface area (Å²) < 4.78 is 14.8. The summed E-state index contributed by atoms with van der Waals surface area (Å²) in [4.78, 5) is 30.8. The lowest BCUT2D eigenvalue weighted by molar-refractivity contribution is -0.123. The van der Waals surface area contributed by atoms with E-state index in [1.165, 1.54) is 28.4 Å². The molecule has 1 N–H and O–H groups in total. The number of carbonyl (C=O) groups excluding carboxylic acids is 2. The number of nitrogens with one attached hydrogen (secondary N) is 1. The van der Waals surface area contributed by atoms with Crippen LogP contribution >= 0.6 is 11.3 Å². The van der Waals surface area contributed by atoms with E-state index in [0.717, 1.165) is 5.56 Å². The molecule has 0 unspecified atom stereocenters. The van der Waals surface area contributed by atoms with Crippen LogP contribution in [0.25, 0.3) is 16.2 Å². The van der Waals surface area contributed by atoms with Crippen LogP contribution in [-0.4, -0.2) is 45.7 Å². The van der Waals surface area contributed by atoms with Gasteiger partial charge in [0.25, 0.3) is 5.91 Å². The molecule has 1 aliphatic rings. The Bertz CT molecular complexity index is 931. The Kier molecular flexibility index (Phi) is 3.53. The third-order valence-electron chi connectivity index (χ3n) is 3.89. The van der Waals surface area contributed by atoms with Crippen molar-refractivity contribution in [2.75, 3.05) is 19.6 Å². The third-order valence-corrected chi connectivity index (χ3v) is 4.73. The van der Waals surface area contributed by atoms with E-state index in [1.807, 2.05) is 0 Å². The molecule has 3 heterocycles. The fraction of sp³-hybridized carbons (Fsp3) is 0.188. The minimum atomic E-state index is -0.306. The summed E-state index contributed by atoms with van der Waals surface area (Å²) >= 11 is 1.36. The lowest BCUT2D eigenvalue weighted by Gasteiger charge is -2.26. The average molecular weight is 344 g/mol. The molecule has 0 bridgehead atoms. The van der Waals surface area contributed by atoms with Gasteiger partial charge in [0.2, 0.25) is 5.91 Å². The van der Waals surface area contributed by atoms with E-state index in [0.29, 0.717) is 29.4 Å². The maximum Gasteiger partial charge on any atom is 0.272 e. The molecule has 0 atom stereocenters. The third kappa shape index (κ3) is 2.54. The number of benzene rings is 1. The number of imidazole rings is 1. The zero-order valence-corrected chi connectivity index (χ0v) is 13.3. The maximum atomic E-state index is 13.0. The number of carbonyl (C=O) groups is 2. The number of hydrogen-bond acceptors (Lipinski definition) is 4. The molecule has 122 valence electrons.